The molecule has 0 fully saturated rings. The topological polar surface area (TPSA) is 167 Å². The number of hydrogen-bond donors (Lipinski definition) is 2. The van der Waals surface area contributed by atoms with Crippen molar-refractivity contribution in [2.75, 3.05) is 16.9 Å². The van der Waals surface area contributed by atoms with Crippen LogP contribution in [0.25, 0.3) is 0 Å². The number of rotatable bonds is 9. The number of nitrogens with one attached hydrogen (secondary N) is 1. The molecule has 0 aliphatic carbocycles. The largest absolute Gasteiger partial charge is 0.457 e. The van der Waals surface area contributed by atoms with Gasteiger partial charge in [-0.1, -0.05) is 35.5 Å². The molecule has 1 heterocycles. The van der Waals surface area contributed by atoms with E-state index in [4.69, 9.17) is 20.0 Å². The van der Waals surface area contributed by atoms with Gasteiger partial charge in [-0.25, -0.2) is 22.4 Å². The summed E-state index contributed by atoms with van der Waals surface area (Å²) in [5.41, 5.74) is 5.83. The number of para-hydroxylation sites is 1. The number of nitrogens with zero attached hydrogens (tertiary/aromatic N) is 2. The van der Waals surface area contributed by atoms with Crippen molar-refractivity contribution in [3.63, 3.8) is 0 Å². The molecule has 1 aliphatic rings. The summed E-state index contributed by atoms with van der Waals surface area (Å²) < 4.78 is 48.8. The maximum Gasteiger partial charge on any atom is 0.408 e. The summed E-state index contributed by atoms with van der Waals surface area (Å²) >= 11 is 1.13. The predicted molar refractivity (Wildman–Crippen MR) is 180 cm³/mol. The molecule has 1 atom stereocenters. The number of amidine groups is 1. The van der Waals surface area contributed by atoms with Crippen LogP contribution in [-0.4, -0.2) is 60.6 Å². The van der Waals surface area contributed by atoms with E-state index in [9.17, 15) is 22.8 Å². The van der Waals surface area contributed by atoms with E-state index >= 15 is 4.39 Å². The number of carbonyl (C=O) groups is 3. The molecule has 3 N–H and O–H groups in total. The molecular weight excluding hydrogens is 664 g/mol. The number of halogens is 1. The second-order valence-electron chi connectivity index (χ2n) is 12.4. The summed E-state index contributed by atoms with van der Waals surface area (Å²) in [6.45, 7) is 7.37. The van der Waals surface area contributed by atoms with Crippen molar-refractivity contribution in [3.05, 3.63) is 83.7 Å². The molecule has 0 unspecified atom stereocenters. The number of nitrogens with two attached hydrogens (primary N) is 1. The first-order valence-electron chi connectivity index (χ1n) is 14.7. The van der Waals surface area contributed by atoms with E-state index in [0.717, 1.165) is 37.9 Å². The van der Waals surface area contributed by atoms with Gasteiger partial charge in [-0.2, -0.15) is 0 Å². The Morgan fingerprint density at radius 3 is 2.27 bits per heavy atom. The van der Waals surface area contributed by atoms with Gasteiger partial charge in [-0.3, -0.25) is 4.79 Å². The molecule has 12 nitrogen and oxygen atoms in total. The average molecular weight is 701 g/mol. The van der Waals surface area contributed by atoms with Gasteiger partial charge in [-0.05, 0) is 76.6 Å². The average Bonchev–Trinajstić information content (AvgIpc) is 3.11. The first kappa shape index (κ1) is 36.2. The Bertz CT molecular complexity index is 1830. The molecule has 0 bridgehead atoms. The van der Waals surface area contributed by atoms with E-state index in [2.05, 4.69) is 10.5 Å². The van der Waals surface area contributed by atoms with Crippen LogP contribution in [0, 0.1) is 5.82 Å². The SMILES string of the molecule is CC(C)(C)OC(=O)N[C@H]1CSc2cc(F)c(/C(N)=N/OC(=O)C(C)(C)S(C)(=O)=O)cc2N(Cc2ccc(Oc3ccccc3)cc2)C1=O. The van der Waals surface area contributed by atoms with Crippen LogP contribution in [0.4, 0.5) is 14.9 Å². The Hall–Kier alpha value is -4.63. The highest BCUT2D eigenvalue weighted by atomic mass is 32.2. The molecule has 2 amide bonds. The number of alkyl carbamates (subject to hydrolysis) is 1. The summed E-state index contributed by atoms with van der Waals surface area (Å²) in [4.78, 5) is 45.7. The summed E-state index contributed by atoms with van der Waals surface area (Å²) in [6, 6.07) is 17.6. The van der Waals surface area contributed by atoms with E-state index in [1.807, 2.05) is 30.3 Å². The van der Waals surface area contributed by atoms with E-state index in [0.29, 0.717) is 22.0 Å². The van der Waals surface area contributed by atoms with E-state index in [-0.39, 0.29) is 23.5 Å². The molecule has 3 aromatic rings. The molecule has 0 saturated heterocycles. The van der Waals surface area contributed by atoms with Gasteiger partial charge in [0.05, 0.1) is 17.8 Å². The fourth-order valence-corrected chi connectivity index (χ4v) is 5.62. The molecule has 0 spiro atoms. The van der Waals surface area contributed by atoms with Gasteiger partial charge in [-0.15, -0.1) is 11.8 Å². The molecular formula is C33H37FN4O8S2. The summed E-state index contributed by atoms with van der Waals surface area (Å²) in [6.07, 6.45) is 0.0720. The molecule has 15 heteroatoms. The second-order valence-corrected chi connectivity index (χ2v) is 16.1. The van der Waals surface area contributed by atoms with Gasteiger partial charge in [0.15, 0.2) is 20.4 Å². The van der Waals surface area contributed by atoms with Crippen LogP contribution < -0.4 is 20.7 Å². The van der Waals surface area contributed by atoms with Crippen LogP contribution in [0.2, 0.25) is 0 Å². The monoisotopic (exact) mass is 700 g/mol. The van der Waals surface area contributed by atoms with Gasteiger partial charge in [0, 0.05) is 16.9 Å². The van der Waals surface area contributed by atoms with Gasteiger partial charge < -0.3 is 30.3 Å². The standard InChI is InChI=1S/C33H37FN4O8S2/c1-32(2,3)45-31(41)36-25-19-47-27-17-24(34)23(28(35)37-46-30(40)33(4,5)48(6,42)43)16-26(27)38(29(25)39)18-20-12-14-22(15-13-20)44-21-10-8-7-9-11-21/h7-17,25H,18-19H2,1-6H3,(H2,35,37)(H,36,41)/t25-/m0/s1. The third kappa shape index (κ3) is 8.83. The lowest BCUT2D eigenvalue weighted by Crippen LogP contribution is -2.50. The highest BCUT2D eigenvalue weighted by Gasteiger charge is 2.41. The molecule has 48 heavy (non-hydrogen) atoms. The molecule has 1 aliphatic heterocycles. The van der Waals surface area contributed by atoms with E-state index in [1.165, 1.54) is 11.0 Å². The smallest absolute Gasteiger partial charge is 0.408 e. The van der Waals surface area contributed by atoms with E-state index in [1.54, 1.807) is 45.0 Å². The fraction of sp³-hybridized carbons (Fsp3) is 0.333. The van der Waals surface area contributed by atoms with Gasteiger partial charge in [0.1, 0.15) is 29.0 Å². The van der Waals surface area contributed by atoms with Crippen molar-refractivity contribution in [3.8, 4) is 11.5 Å². The van der Waals surface area contributed by atoms with Gasteiger partial charge in [0.2, 0.25) is 0 Å². The highest BCUT2D eigenvalue weighted by molar-refractivity contribution is 7.99. The zero-order chi connectivity index (χ0) is 35.4. The third-order valence-corrected chi connectivity index (χ3v) is 10.3. The summed E-state index contributed by atoms with van der Waals surface area (Å²) in [5.74, 6) is -1.86. The lowest BCUT2D eigenvalue weighted by Gasteiger charge is -2.27. The first-order chi connectivity index (χ1) is 22.4. The van der Waals surface area contributed by atoms with Crippen molar-refractivity contribution < 1.29 is 41.5 Å². The number of thioether (sulfide) groups is 1. The number of carbonyl (C=O) groups excluding carboxylic acids is 3. The van der Waals surface area contributed by atoms with Crippen molar-refractivity contribution in [2.24, 2.45) is 10.9 Å². The van der Waals surface area contributed by atoms with Crippen LogP contribution >= 0.6 is 11.8 Å². The Kier molecular flexibility index (Phi) is 10.7. The number of fused-ring (bicyclic) bond motifs is 1. The Balaban J connectivity index is 1.68. The fourth-order valence-electron chi connectivity index (χ4n) is 4.21. The van der Waals surface area contributed by atoms with Crippen molar-refractivity contribution in [2.45, 2.75) is 62.4 Å². The number of ether oxygens (including phenoxy) is 2. The molecule has 3 aromatic carbocycles. The normalized spacial score (nSPS) is 15.6. The number of hydrogen-bond acceptors (Lipinski definition) is 10. The molecule has 0 radical (unpaired) electrons. The number of benzene rings is 3. The van der Waals surface area contributed by atoms with Gasteiger partial charge in [0.25, 0.3) is 5.91 Å². The van der Waals surface area contributed by atoms with Gasteiger partial charge >= 0.3 is 12.1 Å². The number of amides is 2. The first-order valence-corrected chi connectivity index (χ1v) is 17.6. The molecule has 4 rings (SSSR count). The minimum Gasteiger partial charge on any atom is -0.457 e. The summed E-state index contributed by atoms with van der Waals surface area (Å²) in [5, 5.41) is 6.13. The minimum absolute atomic E-state index is 0.00413. The van der Waals surface area contributed by atoms with Crippen LogP contribution in [0.15, 0.2) is 76.8 Å². The predicted octanol–water partition coefficient (Wildman–Crippen LogP) is 5.14. The maximum atomic E-state index is 15.5. The maximum absolute atomic E-state index is 15.5. The number of anilines is 1. The minimum atomic E-state index is -3.88. The zero-order valence-corrected chi connectivity index (χ0v) is 28.9. The van der Waals surface area contributed by atoms with Crippen LogP contribution in [-0.2, 0) is 35.5 Å². The van der Waals surface area contributed by atoms with Crippen LogP contribution in [0.5, 0.6) is 11.5 Å². The lowest BCUT2D eigenvalue weighted by molar-refractivity contribution is -0.145. The third-order valence-electron chi connectivity index (χ3n) is 7.16. The Morgan fingerprint density at radius 2 is 1.67 bits per heavy atom. The zero-order valence-electron chi connectivity index (χ0n) is 27.3. The molecule has 0 aromatic heterocycles. The lowest BCUT2D eigenvalue weighted by atomic mass is 10.1. The van der Waals surface area contributed by atoms with Crippen molar-refractivity contribution in [1.82, 2.24) is 5.32 Å². The summed E-state index contributed by atoms with van der Waals surface area (Å²) in [7, 11) is -3.88. The quantitative estimate of drug-likeness (QED) is 0.132. The Labute approximate surface area is 282 Å². The number of oxime groups is 1. The van der Waals surface area contributed by atoms with Crippen molar-refractivity contribution >= 4 is 51.1 Å². The molecule has 256 valence electrons. The van der Waals surface area contributed by atoms with Crippen molar-refractivity contribution in [1.29, 1.82) is 0 Å². The van der Waals surface area contributed by atoms with Crippen LogP contribution in [0.3, 0.4) is 0 Å². The second kappa shape index (κ2) is 14.2. The highest BCUT2D eigenvalue weighted by Crippen LogP contribution is 2.38. The Morgan fingerprint density at radius 1 is 1.04 bits per heavy atom. The molecule has 0 saturated carbocycles. The number of sulfone groups is 1. The van der Waals surface area contributed by atoms with Crippen LogP contribution in [0.1, 0.15) is 45.7 Å². The van der Waals surface area contributed by atoms with E-state index < -0.39 is 55.8 Å².